The van der Waals surface area contributed by atoms with Gasteiger partial charge in [0.1, 0.15) is 0 Å². The smallest absolute Gasteiger partial charge is 0.0931 e. The fraction of sp³-hybridized carbons (Fsp3) is 0.692. The maximum absolute atomic E-state index is 5.97. The highest BCUT2D eigenvalue weighted by Crippen LogP contribution is 2.30. The van der Waals surface area contributed by atoms with Crippen molar-refractivity contribution in [3.8, 4) is 0 Å². The highest BCUT2D eigenvalue weighted by atomic mass is 35.5. The second kappa shape index (κ2) is 6.04. The number of halogens is 1. The molecular formula is C13H20ClNS. The van der Waals surface area contributed by atoms with Crippen molar-refractivity contribution in [2.24, 2.45) is 5.92 Å². The van der Waals surface area contributed by atoms with E-state index in [0.29, 0.717) is 6.04 Å². The average molecular weight is 258 g/mol. The number of nitrogens with one attached hydrogen (secondary N) is 1. The Labute approximate surface area is 107 Å². The molecule has 1 saturated carbocycles. The number of hydrogen-bond acceptors (Lipinski definition) is 2. The summed E-state index contributed by atoms with van der Waals surface area (Å²) in [5, 5.41) is 3.49. The van der Waals surface area contributed by atoms with Gasteiger partial charge in [0.2, 0.25) is 0 Å². The molecule has 0 saturated heterocycles. The van der Waals surface area contributed by atoms with Crippen molar-refractivity contribution < 1.29 is 0 Å². The molecule has 0 amide bonds. The maximum Gasteiger partial charge on any atom is 0.0931 e. The van der Waals surface area contributed by atoms with Crippen LogP contribution in [0.5, 0.6) is 0 Å². The fourth-order valence-corrected chi connectivity index (χ4v) is 3.86. The Bertz CT molecular complexity index is 317. The summed E-state index contributed by atoms with van der Waals surface area (Å²) in [5.41, 5.74) is 0. The summed E-state index contributed by atoms with van der Waals surface area (Å²) >= 11 is 7.69. The maximum atomic E-state index is 5.97. The van der Waals surface area contributed by atoms with Crippen LogP contribution in [0.4, 0.5) is 0 Å². The predicted molar refractivity (Wildman–Crippen MR) is 72.5 cm³/mol. The van der Waals surface area contributed by atoms with Crippen molar-refractivity contribution in [1.29, 1.82) is 0 Å². The van der Waals surface area contributed by atoms with E-state index in [1.807, 2.05) is 6.07 Å². The predicted octanol–water partition coefficient (Wildman–Crippen LogP) is 4.11. The number of thiophene rings is 1. The minimum Gasteiger partial charge on any atom is -0.316 e. The molecular weight excluding hydrogens is 238 g/mol. The Morgan fingerprint density at radius 3 is 2.69 bits per heavy atom. The SMILES string of the molecule is CNC(Cc1ccc(Cl)s1)C1CCCCC1. The van der Waals surface area contributed by atoms with Gasteiger partial charge in [-0.05, 0) is 44.4 Å². The molecule has 1 aromatic rings. The zero-order chi connectivity index (χ0) is 11.4. The highest BCUT2D eigenvalue weighted by molar-refractivity contribution is 7.16. The first kappa shape index (κ1) is 12.4. The van der Waals surface area contributed by atoms with Gasteiger partial charge in [0.05, 0.1) is 4.34 Å². The van der Waals surface area contributed by atoms with Crippen LogP contribution in [0.1, 0.15) is 37.0 Å². The van der Waals surface area contributed by atoms with Crippen LogP contribution in [0.2, 0.25) is 4.34 Å². The Hall–Kier alpha value is -0.0500. The van der Waals surface area contributed by atoms with Gasteiger partial charge >= 0.3 is 0 Å². The molecule has 1 unspecified atom stereocenters. The van der Waals surface area contributed by atoms with E-state index in [-0.39, 0.29) is 0 Å². The van der Waals surface area contributed by atoms with Crippen LogP contribution >= 0.6 is 22.9 Å². The van der Waals surface area contributed by atoms with Crippen LogP contribution in [-0.2, 0) is 6.42 Å². The van der Waals surface area contributed by atoms with Crippen LogP contribution in [0.15, 0.2) is 12.1 Å². The van der Waals surface area contributed by atoms with Gasteiger partial charge in [-0.2, -0.15) is 0 Å². The number of rotatable bonds is 4. The van der Waals surface area contributed by atoms with Gasteiger partial charge in [-0.15, -0.1) is 11.3 Å². The lowest BCUT2D eigenvalue weighted by molar-refractivity contribution is 0.277. The summed E-state index contributed by atoms with van der Waals surface area (Å²) in [6, 6.07) is 4.81. The summed E-state index contributed by atoms with van der Waals surface area (Å²) in [5.74, 6) is 0.861. The molecule has 2 rings (SSSR count). The van der Waals surface area contributed by atoms with Crippen molar-refractivity contribution in [2.75, 3.05) is 7.05 Å². The lowest BCUT2D eigenvalue weighted by Gasteiger charge is -2.29. The average Bonchev–Trinajstić information content (AvgIpc) is 2.73. The van der Waals surface area contributed by atoms with Gasteiger partial charge in [-0.3, -0.25) is 0 Å². The van der Waals surface area contributed by atoms with E-state index in [0.717, 1.165) is 16.7 Å². The van der Waals surface area contributed by atoms with Gasteiger partial charge in [-0.25, -0.2) is 0 Å². The van der Waals surface area contributed by atoms with Crippen LogP contribution < -0.4 is 5.32 Å². The lowest BCUT2D eigenvalue weighted by Crippen LogP contribution is -2.36. The van der Waals surface area contributed by atoms with Gasteiger partial charge in [-0.1, -0.05) is 30.9 Å². The molecule has 16 heavy (non-hydrogen) atoms. The van der Waals surface area contributed by atoms with Crippen LogP contribution in [0, 0.1) is 5.92 Å². The molecule has 0 aromatic carbocycles. The minimum absolute atomic E-state index is 0.634. The molecule has 3 heteroatoms. The summed E-state index contributed by atoms with van der Waals surface area (Å²) in [6.45, 7) is 0. The third-order valence-electron chi connectivity index (χ3n) is 3.64. The molecule has 1 aromatic heterocycles. The molecule has 1 heterocycles. The van der Waals surface area contributed by atoms with E-state index < -0.39 is 0 Å². The highest BCUT2D eigenvalue weighted by Gasteiger charge is 2.22. The van der Waals surface area contributed by atoms with Crippen LogP contribution in [-0.4, -0.2) is 13.1 Å². The Balaban J connectivity index is 1.94. The molecule has 0 radical (unpaired) electrons. The molecule has 1 atom stereocenters. The summed E-state index contributed by atoms with van der Waals surface area (Å²) in [7, 11) is 2.09. The quantitative estimate of drug-likeness (QED) is 0.856. The van der Waals surface area contributed by atoms with Gasteiger partial charge in [0.25, 0.3) is 0 Å². The standard InChI is InChI=1S/C13H20ClNS/c1-15-12(10-5-3-2-4-6-10)9-11-7-8-13(14)16-11/h7-8,10,12,15H,2-6,9H2,1H3. The van der Waals surface area contributed by atoms with Crippen molar-refractivity contribution in [2.45, 2.75) is 44.6 Å². The third kappa shape index (κ3) is 3.22. The Kier molecular flexibility index (Phi) is 4.68. The first-order chi connectivity index (χ1) is 7.79. The van der Waals surface area contributed by atoms with E-state index in [1.165, 1.54) is 37.0 Å². The molecule has 0 bridgehead atoms. The normalized spacial score (nSPS) is 19.9. The minimum atomic E-state index is 0.634. The topological polar surface area (TPSA) is 12.0 Å². The van der Waals surface area contributed by atoms with Crippen LogP contribution in [0.3, 0.4) is 0 Å². The summed E-state index contributed by atoms with van der Waals surface area (Å²) in [6.07, 6.45) is 8.17. The monoisotopic (exact) mass is 257 g/mol. The second-order valence-electron chi connectivity index (χ2n) is 4.70. The molecule has 1 aliphatic rings. The Morgan fingerprint density at radius 1 is 1.38 bits per heavy atom. The van der Waals surface area contributed by atoms with Gasteiger partial charge < -0.3 is 5.32 Å². The summed E-state index contributed by atoms with van der Waals surface area (Å²) < 4.78 is 0.911. The van der Waals surface area contributed by atoms with Crippen molar-refractivity contribution in [1.82, 2.24) is 5.32 Å². The first-order valence-corrected chi connectivity index (χ1v) is 7.40. The molecule has 1 fully saturated rings. The first-order valence-electron chi connectivity index (χ1n) is 6.21. The molecule has 1 nitrogen and oxygen atoms in total. The molecule has 90 valence electrons. The van der Waals surface area contributed by atoms with E-state index >= 15 is 0 Å². The zero-order valence-corrected chi connectivity index (χ0v) is 11.4. The van der Waals surface area contributed by atoms with Crippen molar-refractivity contribution in [3.05, 3.63) is 21.3 Å². The number of likely N-dealkylation sites (N-methyl/N-ethyl adjacent to an activating group) is 1. The largest absolute Gasteiger partial charge is 0.316 e. The van der Waals surface area contributed by atoms with Crippen molar-refractivity contribution >= 4 is 22.9 Å². The van der Waals surface area contributed by atoms with E-state index in [1.54, 1.807) is 11.3 Å². The van der Waals surface area contributed by atoms with Gasteiger partial charge in [0, 0.05) is 10.9 Å². The Morgan fingerprint density at radius 2 is 2.12 bits per heavy atom. The van der Waals surface area contributed by atoms with E-state index in [2.05, 4.69) is 18.4 Å². The zero-order valence-electron chi connectivity index (χ0n) is 9.84. The molecule has 0 spiro atoms. The van der Waals surface area contributed by atoms with E-state index in [9.17, 15) is 0 Å². The number of hydrogen-bond donors (Lipinski definition) is 1. The van der Waals surface area contributed by atoms with Gasteiger partial charge in [0.15, 0.2) is 0 Å². The van der Waals surface area contributed by atoms with E-state index in [4.69, 9.17) is 11.6 Å². The molecule has 1 aliphatic carbocycles. The summed E-state index contributed by atoms with van der Waals surface area (Å²) in [4.78, 5) is 1.41. The molecule has 0 aliphatic heterocycles. The molecule has 1 N–H and O–H groups in total. The third-order valence-corrected chi connectivity index (χ3v) is 4.89. The van der Waals surface area contributed by atoms with Crippen molar-refractivity contribution in [3.63, 3.8) is 0 Å². The second-order valence-corrected chi connectivity index (χ2v) is 6.50. The fourth-order valence-electron chi connectivity index (χ4n) is 2.72. The lowest BCUT2D eigenvalue weighted by atomic mass is 9.82. The van der Waals surface area contributed by atoms with Crippen LogP contribution in [0.25, 0.3) is 0 Å².